The molecule has 0 aliphatic carbocycles. The number of fused-ring (bicyclic) bond motifs is 2. The number of hydrogen-bond acceptors (Lipinski definition) is 6. The number of hydrogen-bond donors (Lipinski definition) is 1. The lowest BCUT2D eigenvalue weighted by atomic mass is 10.2. The van der Waals surface area contributed by atoms with E-state index in [1.54, 1.807) is 30.0 Å². The average molecular weight is 404 g/mol. The molecule has 3 aromatic heterocycles. The van der Waals surface area contributed by atoms with Gasteiger partial charge in [0.05, 0.1) is 23.0 Å². The smallest absolute Gasteiger partial charge is 0.292 e. The minimum absolute atomic E-state index is 0.194. The number of carbonyl (C=O) groups is 1. The van der Waals surface area contributed by atoms with Crippen LogP contribution in [0.25, 0.3) is 26.3 Å². The number of anilines is 1. The highest BCUT2D eigenvalue weighted by Gasteiger charge is 2.19. The van der Waals surface area contributed by atoms with Crippen molar-refractivity contribution in [2.75, 3.05) is 12.4 Å². The highest BCUT2D eigenvalue weighted by Crippen LogP contribution is 2.30. The van der Waals surface area contributed by atoms with Crippen molar-refractivity contribution in [3.8, 4) is 10.9 Å². The van der Waals surface area contributed by atoms with Crippen molar-refractivity contribution in [1.29, 1.82) is 0 Å². The topological polar surface area (TPSA) is 82.2 Å². The molecule has 3 heterocycles. The normalized spacial score (nSPS) is 11.2. The molecular weight excluding hydrogens is 388 g/mol. The monoisotopic (exact) mass is 404 g/mol. The van der Waals surface area contributed by atoms with Gasteiger partial charge in [-0.2, -0.15) is 9.78 Å². The van der Waals surface area contributed by atoms with E-state index in [2.05, 4.69) is 15.4 Å². The van der Waals surface area contributed by atoms with E-state index in [1.807, 2.05) is 43.3 Å². The summed E-state index contributed by atoms with van der Waals surface area (Å²) in [6.07, 6.45) is 0. The summed E-state index contributed by atoms with van der Waals surface area (Å²) in [5.74, 6) is 0.931. The second kappa shape index (κ2) is 6.75. The van der Waals surface area contributed by atoms with Crippen LogP contribution in [0.3, 0.4) is 0 Å². The third kappa shape index (κ3) is 3.03. The van der Waals surface area contributed by atoms with Crippen molar-refractivity contribution in [3.05, 3.63) is 66.1 Å². The number of thiazole rings is 1. The van der Waals surface area contributed by atoms with Gasteiger partial charge in [-0.1, -0.05) is 35.6 Å². The fourth-order valence-electron chi connectivity index (χ4n) is 3.17. The van der Waals surface area contributed by atoms with Gasteiger partial charge in [0, 0.05) is 11.5 Å². The number of furan rings is 1. The van der Waals surface area contributed by atoms with Crippen LogP contribution in [0.5, 0.6) is 5.75 Å². The Morgan fingerprint density at radius 2 is 2.03 bits per heavy atom. The Labute approximate surface area is 169 Å². The maximum Gasteiger partial charge on any atom is 0.292 e. The van der Waals surface area contributed by atoms with Crippen LogP contribution in [0, 0.1) is 6.92 Å². The summed E-state index contributed by atoms with van der Waals surface area (Å²) < 4.78 is 13.7. The van der Waals surface area contributed by atoms with Crippen LogP contribution in [-0.4, -0.2) is 27.8 Å². The van der Waals surface area contributed by atoms with Gasteiger partial charge in [0.2, 0.25) is 5.13 Å². The Balaban J connectivity index is 1.50. The minimum Gasteiger partial charge on any atom is -0.493 e. The molecule has 0 saturated carbocycles. The molecule has 2 aromatic carbocycles. The van der Waals surface area contributed by atoms with E-state index >= 15 is 0 Å². The molecular formula is C21H16N4O3S. The first-order chi connectivity index (χ1) is 14.1. The van der Waals surface area contributed by atoms with Crippen LogP contribution in [0.2, 0.25) is 0 Å². The molecule has 1 amide bonds. The van der Waals surface area contributed by atoms with Crippen LogP contribution < -0.4 is 10.1 Å². The van der Waals surface area contributed by atoms with E-state index in [0.29, 0.717) is 22.3 Å². The number of carbonyl (C=O) groups excluding carboxylic acids is 1. The van der Waals surface area contributed by atoms with E-state index in [-0.39, 0.29) is 11.7 Å². The molecule has 0 unspecified atom stereocenters. The molecule has 0 saturated heterocycles. The van der Waals surface area contributed by atoms with Crippen LogP contribution in [0.4, 0.5) is 5.82 Å². The van der Waals surface area contributed by atoms with Crippen molar-refractivity contribution in [1.82, 2.24) is 14.8 Å². The van der Waals surface area contributed by atoms with E-state index < -0.39 is 0 Å². The van der Waals surface area contributed by atoms with Gasteiger partial charge in [-0.25, -0.2) is 4.98 Å². The van der Waals surface area contributed by atoms with Gasteiger partial charge in [-0.3, -0.25) is 4.79 Å². The predicted molar refractivity (Wildman–Crippen MR) is 112 cm³/mol. The molecule has 5 rings (SSSR count). The fraction of sp³-hybridized carbons (Fsp3) is 0.0952. The standard InChI is InChI=1S/C21H16N4O3S/c1-12-10-18(25(24-12)21-22-14-7-3-4-9-17(14)29-21)23-20(26)16-11-13-6-5-8-15(27-2)19(13)28-16/h3-11H,1-2H3,(H,23,26). The number of para-hydroxylation sites is 2. The Kier molecular flexibility index (Phi) is 4.06. The number of ether oxygens (including phenoxy) is 1. The third-order valence-corrected chi connectivity index (χ3v) is 5.50. The van der Waals surface area contributed by atoms with E-state index in [0.717, 1.165) is 21.3 Å². The Morgan fingerprint density at radius 1 is 1.17 bits per heavy atom. The summed E-state index contributed by atoms with van der Waals surface area (Å²) >= 11 is 1.51. The number of amides is 1. The quantitative estimate of drug-likeness (QED) is 0.465. The maximum atomic E-state index is 12.8. The Bertz CT molecular complexity index is 1330. The summed E-state index contributed by atoms with van der Waals surface area (Å²) in [6.45, 7) is 1.87. The van der Waals surface area contributed by atoms with Crippen LogP contribution in [-0.2, 0) is 0 Å². The Hall–Kier alpha value is -3.65. The highest BCUT2D eigenvalue weighted by molar-refractivity contribution is 7.20. The predicted octanol–water partition coefficient (Wildman–Crippen LogP) is 4.80. The minimum atomic E-state index is -0.370. The van der Waals surface area contributed by atoms with Crippen molar-refractivity contribution in [2.45, 2.75) is 6.92 Å². The average Bonchev–Trinajstić information content (AvgIpc) is 3.43. The number of nitrogens with one attached hydrogen (secondary N) is 1. The zero-order valence-corrected chi connectivity index (χ0v) is 16.5. The fourth-order valence-corrected chi connectivity index (χ4v) is 4.10. The molecule has 0 spiro atoms. The van der Waals surface area contributed by atoms with E-state index in [9.17, 15) is 4.79 Å². The van der Waals surface area contributed by atoms with Crippen molar-refractivity contribution < 1.29 is 13.9 Å². The van der Waals surface area contributed by atoms with Gasteiger partial charge in [0.15, 0.2) is 17.1 Å². The zero-order chi connectivity index (χ0) is 20.0. The second-order valence-electron chi connectivity index (χ2n) is 6.49. The Morgan fingerprint density at radius 3 is 2.86 bits per heavy atom. The molecule has 0 atom stereocenters. The lowest BCUT2D eigenvalue weighted by molar-refractivity contribution is 0.0998. The maximum absolute atomic E-state index is 12.8. The van der Waals surface area contributed by atoms with Crippen LogP contribution in [0.1, 0.15) is 16.2 Å². The molecule has 0 fully saturated rings. The van der Waals surface area contributed by atoms with Crippen molar-refractivity contribution >= 4 is 44.2 Å². The number of rotatable bonds is 4. The SMILES string of the molecule is COc1cccc2cc(C(=O)Nc3cc(C)nn3-c3nc4ccccc4s3)oc12. The summed E-state index contributed by atoms with van der Waals surface area (Å²) in [5.41, 5.74) is 2.20. The van der Waals surface area contributed by atoms with Gasteiger partial charge in [0.25, 0.3) is 5.91 Å². The molecule has 0 bridgehead atoms. The highest BCUT2D eigenvalue weighted by atomic mass is 32.1. The largest absolute Gasteiger partial charge is 0.493 e. The van der Waals surface area contributed by atoms with Crippen LogP contribution >= 0.6 is 11.3 Å². The number of benzene rings is 2. The molecule has 8 heteroatoms. The molecule has 7 nitrogen and oxygen atoms in total. The van der Waals surface area contributed by atoms with E-state index in [1.165, 1.54) is 11.3 Å². The van der Waals surface area contributed by atoms with Gasteiger partial charge in [0.1, 0.15) is 5.82 Å². The number of aromatic nitrogens is 3. The first-order valence-corrected chi connectivity index (χ1v) is 9.74. The summed E-state index contributed by atoms with van der Waals surface area (Å²) in [6, 6.07) is 16.9. The van der Waals surface area contributed by atoms with Gasteiger partial charge < -0.3 is 14.5 Å². The molecule has 144 valence electrons. The zero-order valence-electron chi connectivity index (χ0n) is 15.7. The first kappa shape index (κ1) is 17.4. The van der Waals surface area contributed by atoms with Gasteiger partial charge in [-0.05, 0) is 31.2 Å². The summed E-state index contributed by atoms with van der Waals surface area (Å²) in [4.78, 5) is 17.5. The van der Waals surface area contributed by atoms with Crippen molar-refractivity contribution in [2.24, 2.45) is 0 Å². The molecule has 5 aromatic rings. The lowest BCUT2D eigenvalue weighted by Gasteiger charge is -2.04. The second-order valence-corrected chi connectivity index (χ2v) is 7.50. The van der Waals surface area contributed by atoms with E-state index in [4.69, 9.17) is 9.15 Å². The van der Waals surface area contributed by atoms with Crippen molar-refractivity contribution in [3.63, 3.8) is 0 Å². The van der Waals surface area contributed by atoms with Gasteiger partial charge in [-0.15, -0.1) is 0 Å². The summed E-state index contributed by atoms with van der Waals surface area (Å²) in [5, 5.41) is 8.85. The summed E-state index contributed by atoms with van der Waals surface area (Å²) in [7, 11) is 1.57. The number of aryl methyl sites for hydroxylation is 1. The van der Waals surface area contributed by atoms with Crippen LogP contribution in [0.15, 0.2) is 59.0 Å². The lowest BCUT2D eigenvalue weighted by Crippen LogP contribution is -2.14. The number of methoxy groups -OCH3 is 1. The molecule has 0 radical (unpaired) electrons. The molecule has 29 heavy (non-hydrogen) atoms. The first-order valence-electron chi connectivity index (χ1n) is 8.93. The van der Waals surface area contributed by atoms with Gasteiger partial charge >= 0.3 is 0 Å². The molecule has 1 N–H and O–H groups in total. The molecule has 0 aliphatic heterocycles. The molecule has 0 aliphatic rings. The number of nitrogens with zero attached hydrogens (tertiary/aromatic N) is 3. The third-order valence-electron chi connectivity index (χ3n) is 4.49.